The molecule has 13 heteroatoms. The van der Waals surface area contributed by atoms with Crippen LogP contribution in [0.5, 0.6) is 0 Å². The van der Waals surface area contributed by atoms with Crippen molar-refractivity contribution >= 4 is 37.8 Å². The van der Waals surface area contributed by atoms with E-state index in [9.17, 15) is 21.6 Å². The van der Waals surface area contributed by atoms with E-state index in [1.807, 2.05) is 35.9 Å². The van der Waals surface area contributed by atoms with Gasteiger partial charge >= 0.3 is 10.2 Å². The summed E-state index contributed by atoms with van der Waals surface area (Å²) in [7, 11) is -7.60. The number of carbonyl (C=O) groups is 1. The van der Waals surface area contributed by atoms with Gasteiger partial charge in [-0.3, -0.25) is 4.79 Å². The van der Waals surface area contributed by atoms with E-state index < -0.39 is 26.1 Å². The number of aryl methyl sites for hydroxylation is 1. The lowest BCUT2D eigenvalue weighted by Gasteiger charge is -2.21. The van der Waals surface area contributed by atoms with Crippen molar-refractivity contribution < 1.29 is 26.0 Å². The first kappa shape index (κ1) is 24.2. The van der Waals surface area contributed by atoms with Gasteiger partial charge in [-0.05, 0) is 31.4 Å². The Morgan fingerprint density at radius 1 is 1.09 bits per heavy atom. The van der Waals surface area contributed by atoms with Crippen LogP contribution >= 0.6 is 0 Å². The molecule has 1 fully saturated rings. The maximum absolute atomic E-state index is 12.7. The molecule has 1 aliphatic heterocycles. The molecular formula is C19H27N5O6S2. The van der Waals surface area contributed by atoms with Crippen molar-refractivity contribution in [2.75, 3.05) is 37.2 Å². The van der Waals surface area contributed by atoms with Gasteiger partial charge in [0.1, 0.15) is 6.26 Å². The van der Waals surface area contributed by atoms with E-state index in [-0.39, 0.29) is 43.6 Å². The van der Waals surface area contributed by atoms with E-state index in [0.717, 1.165) is 21.8 Å². The van der Waals surface area contributed by atoms with Crippen molar-refractivity contribution in [3.8, 4) is 0 Å². The standard InChI is InChI=1S/C19H27N5O6S2/c1-3-13-31(26,27)23-9-6-10-24(12-11-23)32(28,29)22-18(25)17-14-30-19(21-17)20-16-8-5-4-7-15(16)2/h4-5,7-8,14H,3,6,9-13H2,1-2H3,(H,20,21)(H,22,25). The number of para-hydroxylation sites is 1. The Hall–Kier alpha value is -2.48. The first-order chi connectivity index (χ1) is 15.1. The molecule has 11 nitrogen and oxygen atoms in total. The highest BCUT2D eigenvalue weighted by Crippen LogP contribution is 2.20. The van der Waals surface area contributed by atoms with Crippen LogP contribution in [0.2, 0.25) is 0 Å². The number of nitrogens with one attached hydrogen (secondary N) is 2. The molecule has 0 saturated carbocycles. The van der Waals surface area contributed by atoms with Crippen LogP contribution in [-0.4, -0.2) is 68.3 Å². The Bertz CT molecular complexity index is 1160. The number of oxazole rings is 1. The number of carbonyl (C=O) groups excluding carboxylic acids is 1. The zero-order valence-electron chi connectivity index (χ0n) is 17.9. The molecule has 1 saturated heterocycles. The van der Waals surface area contributed by atoms with Crippen LogP contribution in [0.4, 0.5) is 11.7 Å². The number of aromatic nitrogens is 1. The lowest BCUT2D eigenvalue weighted by molar-refractivity contribution is 0.0974. The first-order valence-electron chi connectivity index (χ1n) is 10.2. The van der Waals surface area contributed by atoms with Crippen molar-refractivity contribution in [3.05, 3.63) is 41.8 Å². The Kier molecular flexibility index (Phi) is 7.54. The lowest BCUT2D eigenvalue weighted by atomic mass is 10.2. The van der Waals surface area contributed by atoms with Crippen LogP contribution in [0, 0.1) is 6.92 Å². The van der Waals surface area contributed by atoms with Crippen LogP contribution in [0.25, 0.3) is 0 Å². The first-order valence-corrected chi connectivity index (χ1v) is 13.3. The summed E-state index contributed by atoms with van der Waals surface area (Å²) in [5.41, 5.74) is 1.48. The molecule has 0 bridgehead atoms. The third kappa shape index (κ3) is 5.85. The molecule has 0 radical (unpaired) electrons. The number of hydrogen-bond acceptors (Lipinski definition) is 8. The van der Waals surface area contributed by atoms with E-state index in [1.54, 1.807) is 6.92 Å². The fourth-order valence-electron chi connectivity index (χ4n) is 3.27. The van der Waals surface area contributed by atoms with E-state index in [1.165, 1.54) is 4.31 Å². The maximum atomic E-state index is 12.7. The van der Waals surface area contributed by atoms with E-state index >= 15 is 0 Å². The van der Waals surface area contributed by atoms with Crippen LogP contribution < -0.4 is 10.0 Å². The second kappa shape index (κ2) is 9.98. The van der Waals surface area contributed by atoms with Gasteiger partial charge in [0, 0.05) is 31.9 Å². The summed E-state index contributed by atoms with van der Waals surface area (Å²) in [5.74, 6) is -0.923. The molecule has 176 valence electrons. The highest BCUT2D eigenvalue weighted by atomic mass is 32.2. The normalized spacial score (nSPS) is 16.4. The molecule has 1 aromatic carbocycles. The highest BCUT2D eigenvalue weighted by molar-refractivity contribution is 7.89. The fraction of sp³-hybridized carbons (Fsp3) is 0.474. The van der Waals surface area contributed by atoms with Crippen LogP contribution in [0.1, 0.15) is 35.8 Å². The fourth-order valence-corrected chi connectivity index (χ4v) is 5.97. The van der Waals surface area contributed by atoms with Gasteiger partial charge in [-0.2, -0.15) is 17.7 Å². The van der Waals surface area contributed by atoms with E-state index in [4.69, 9.17) is 4.42 Å². The second-order valence-electron chi connectivity index (χ2n) is 7.38. The van der Waals surface area contributed by atoms with Crippen molar-refractivity contribution in [1.29, 1.82) is 0 Å². The molecule has 0 unspecified atom stereocenters. The Morgan fingerprint density at radius 2 is 1.78 bits per heavy atom. The molecule has 0 atom stereocenters. The van der Waals surface area contributed by atoms with Gasteiger partial charge in [-0.1, -0.05) is 25.1 Å². The molecule has 2 aromatic rings. The average Bonchev–Trinajstić information content (AvgIpc) is 3.03. The van der Waals surface area contributed by atoms with Crippen molar-refractivity contribution in [1.82, 2.24) is 18.3 Å². The molecule has 0 aliphatic carbocycles. The third-order valence-electron chi connectivity index (χ3n) is 4.95. The number of hydrogen-bond donors (Lipinski definition) is 2. The van der Waals surface area contributed by atoms with Gasteiger partial charge in [0.15, 0.2) is 5.69 Å². The summed E-state index contributed by atoms with van der Waals surface area (Å²) in [6, 6.07) is 7.46. The minimum Gasteiger partial charge on any atom is -0.431 e. The molecule has 1 aliphatic rings. The summed E-state index contributed by atoms with van der Waals surface area (Å²) in [6.07, 6.45) is 1.87. The largest absolute Gasteiger partial charge is 0.431 e. The predicted molar refractivity (Wildman–Crippen MR) is 119 cm³/mol. The number of anilines is 2. The quantitative estimate of drug-likeness (QED) is 0.572. The number of rotatable bonds is 8. The average molecular weight is 486 g/mol. The van der Waals surface area contributed by atoms with Gasteiger partial charge in [-0.25, -0.2) is 17.4 Å². The molecule has 1 aromatic heterocycles. The summed E-state index contributed by atoms with van der Waals surface area (Å²) in [6.45, 7) is 3.98. The molecular weight excluding hydrogens is 458 g/mol. The zero-order valence-corrected chi connectivity index (χ0v) is 19.6. The number of amides is 1. The van der Waals surface area contributed by atoms with Crippen molar-refractivity contribution in [2.45, 2.75) is 26.7 Å². The summed E-state index contributed by atoms with van der Waals surface area (Å²) in [4.78, 5) is 16.5. The molecule has 1 amide bonds. The monoisotopic (exact) mass is 485 g/mol. The number of nitrogens with zero attached hydrogens (tertiary/aromatic N) is 3. The third-order valence-corrected chi connectivity index (χ3v) is 8.52. The molecule has 32 heavy (non-hydrogen) atoms. The zero-order chi connectivity index (χ0) is 23.4. The second-order valence-corrected chi connectivity index (χ2v) is 11.1. The smallest absolute Gasteiger partial charge is 0.304 e. The predicted octanol–water partition coefficient (Wildman–Crippen LogP) is 1.45. The summed E-state index contributed by atoms with van der Waals surface area (Å²) >= 11 is 0. The van der Waals surface area contributed by atoms with Crippen molar-refractivity contribution in [3.63, 3.8) is 0 Å². The Balaban J connectivity index is 1.63. The van der Waals surface area contributed by atoms with Gasteiger partial charge in [0.2, 0.25) is 10.0 Å². The molecule has 2 heterocycles. The Labute approximate surface area is 188 Å². The minimum atomic E-state index is -4.18. The van der Waals surface area contributed by atoms with Crippen LogP contribution in [-0.2, 0) is 20.2 Å². The summed E-state index contributed by atoms with van der Waals surface area (Å²) < 4.78 is 59.5. The SMILES string of the molecule is CCCS(=O)(=O)N1CCCN(S(=O)(=O)NC(=O)c2coc(Nc3ccccc3C)n2)CC1. The van der Waals surface area contributed by atoms with Crippen molar-refractivity contribution in [2.24, 2.45) is 0 Å². The van der Waals surface area contributed by atoms with Gasteiger partial charge in [0.25, 0.3) is 11.9 Å². The highest BCUT2D eigenvalue weighted by Gasteiger charge is 2.31. The lowest BCUT2D eigenvalue weighted by Crippen LogP contribution is -2.45. The molecule has 0 spiro atoms. The van der Waals surface area contributed by atoms with Gasteiger partial charge in [-0.15, -0.1) is 0 Å². The topological polar surface area (TPSA) is 142 Å². The van der Waals surface area contributed by atoms with E-state index in [0.29, 0.717) is 12.8 Å². The Morgan fingerprint density at radius 3 is 2.50 bits per heavy atom. The summed E-state index contributed by atoms with van der Waals surface area (Å²) in [5, 5.41) is 2.93. The maximum Gasteiger partial charge on any atom is 0.304 e. The minimum absolute atomic E-state index is 0.0154. The van der Waals surface area contributed by atoms with Crippen LogP contribution in [0.3, 0.4) is 0 Å². The van der Waals surface area contributed by atoms with Gasteiger partial charge < -0.3 is 9.73 Å². The number of benzene rings is 1. The van der Waals surface area contributed by atoms with Gasteiger partial charge in [0.05, 0.1) is 5.75 Å². The molecule has 3 rings (SSSR count). The van der Waals surface area contributed by atoms with Crippen LogP contribution in [0.15, 0.2) is 34.9 Å². The van der Waals surface area contributed by atoms with E-state index in [2.05, 4.69) is 10.3 Å². The number of sulfonamides is 1. The molecule has 2 N–H and O–H groups in total.